The molecule has 46 heavy (non-hydrogen) atoms. The second kappa shape index (κ2) is 10.1. The quantitative estimate of drug-likeness (QED) is 0.185. The van der Waals surface area contributed by atoms with Crippen LogP contribution in [-0.4, -0.2) is 0 Å². The summed E-state index contributed by atoms with van der Waals surface area (Å²) in [7, 11) is 0. The molecule has 0 atom stereocenters. The second-order valence-corrected chi connectivity index (χ2v) is 14.3. The van der Waals surface area contributed by atoms with E-state index < -0.39 is 0 Å². The van der Waals surface area contributed by atoms with Gasteiger partial charge in [0.2, 0.25) is 0 Å². The summed E-state index contributed by atoms with van der Waals surface area (Å²) >= 11 is 3.78. The molecule has 2 heteroatoms. The van der Waals surface area contributed by atoms with Crippen LogP contribution in [0.2, 0.25) is 0 Å². The third-order valence-corrected chi connectivity index (χ3v) is 11.6. The molecule has 0 nitrogen and oxygen atoms in total. The molecule has 2 heterocycles. The van der Waals surface area contributed by atoms with Crippen molar-refractivity contribution in [2.75, 3.05) is 0 Å². The zero-order valence-corrected chi connectivity index (χ0v) is 26.5. The highest BCUT2D eigenvalue weighted by molar-refractivity contribution is 7.26. The average molecular weight is 619 g/mol. The van der Waals surface area contributed by atoms with Crippen molar-refractivity contribution in [2.45, 2.75) is 0 Å². The van der Waals surface area contributed by atoms with Crippen LogP contribution in [0.1, 0.15) is 0 Å². The molecule has 0 aliphatic carbocycles. The third-order valence-electron chi connectivity index (χ3n) is 9.41. The minimum Gasteiger partial charge on any atom is -0.135 e. The smallest absolute Gasteiger partial charge is 0.0361 e. The molecule has 10 aromatic rings. The standard InChI is InChI=1S/C44H26S2/c1-3-7-27(8-4-1)33-15-17-37-39-21-31-13-11-29(19-35(31)25-43(39)45-41(37)23-33)30-12-14-32-22-40-38-18-16-34(28-9-5-2-6-10-28)24-42(38)46-44(40)26-36(32)20-30/h1-26H. The molecule has 0 radical (unpaired) electrons. The summed E-state index contributed by atoms with van der Waals surface area (Å²) in [5.74, 6) is 0. The van der Waals surface area contributed by atoms with Gasteiger partial charge in [-0.1, -0.05) is 109 Å². The van der Waals surface area contributed by atoms with E-state index in [4.69, 9.17) is 0 Å². The lowest BCUT2D eigenvalue weighted by atomic mass is 9.97. The minimum atomic E-state index is 1.25. The first-order chi connectivity index (χ1) is 22.7. The van der Waals surface area contributed by atoms with Crippen LogP contribution in [0.25, 0.3) is 95.3 Å². The lowest BCUT2D eigenvalue weighted by Crippen LogP contribution is -1.81. The van der Waals surface area contributed by atoms with Crippen LogP contribution < -0.4 is 0 Å². The predicted octanol–water partition coefficient (Wildman–Crippen LogP) is 13.7. The summed E-state index contributed by atoms with van der Waals surface area (Å²) in [4.78, 5) is 0. The van der Waals surface area contributed by atoms with Crippen LogP contribution in [0.15, 0.2) is 158 Å². The topological polar surface area (TPSA) is 0 Å². The number of benzene rings is 8. The highest BCUT2D eigenvalue weighted by Gasteiger charge is 2.12. The van der Waals surface area contributed by atoms with Gasteiger partial charge in [-0.25, -0.2) is 0 Å². The zero-order chi connectivity index (χ0) is 30.2. The molecule has 0 spiro atoms. The van der Waals surface area contributed by atoms with Gasteiger partial charge in [-0.15, -0.1) is 22.7 Å². The van der Waals surface area contributed by atoms with Crippen molar-refractivity contribution in [3.8, 4) is 33.4 Å². The van der Waals surface area contributed by atoms with Crippen LogP contribution in [0.5, 0.6) is 0 Å². The number of rotatable bonds is 3. The van der Waals surface area contributed by atoms with E-state index in [1.165, 1.54) is 95.3 Å². The van der Waals surface area contributed by atoms with Gasteiger partial charge in [-0.3, -0.25) is 0 Å². The van der Waals surface area contributed by atoms with Gasteiger partial charge >= 0.3 is 0 Å². The highest BCUT2D eigenvalue weighted by Crippen LogP contribution is 2.41. The summed E-state index contributed by atoms with van der Waals surface area (Å²) in [6.07, 6.45) is 0. The Morgan fingerprint density at radius 1 is 0.239 bits per heavy atom. The molecule has 2 aromatic heterocycles. The van der Waals surface area contributed by atoms with Gasteiger partial charge in [-0.05, 0) is 103 Å². The molecule has 0 unspecified atom stereocenters. The monoisotopic (exact) mass is 618 g/mol. The summed E-state index contributed by atoms with van der Waals surface area (Å²) in [5.41, 5.74) is 7.57. The first-order valence-electron chi connectivity index (χ1n) is 15.6. The van der Waals surface area contributed by atoms with Gasteiger partial charge < -0.3 is 0 Å². The third kappa shape index (κ3) is 4.19. The maximum absolute atomic E-state index is 2.38. The Balaban J connectivity index is 1.04. The highest BCUT2D eigenvalue weighted by atomic mass is 32.1. The van der Waals surface area contributed by atoms with E-state index in [0.717, 1.165) is 0 Å². The Morgan fingerprint density at radius 3 is 1.09 bits per heavy atom. The molecule has 0 amide bonds. The number of hydrogen-bond donors (Lipinski definition) is 0. The molecule has 0 aliphatic heterocycles. The van der Waals surface area contributed by atoms with Crippen LogP contribution in [-0.2, 0) is 0 Å². The van der Waals surface area contributed by atoms with Crippen molar-refractivity contribution in [3.63, 3.8) is 0 Å². The molecular formula is C44H26S2. The van der Waals surface area contributed by atoms with Crippen molar-refractivity contribution in [3.05, 3.63) is 158 Å². The Morgan fingerprint density at radius 2 is 0.630 bits per heavy atom. The van der Waals surface area contributed by atoms with Gasteiger partial charge in [0.25, 0.3) is 0 Å². The molecule has 0 fully saturated rings. The SMILES string of the molecule is c1ccc(-c2ccc3c(c2)sc2cc4cc(-c5ccc6cc7c(cc6c5)sc5cc(-c6ccccc6)ccc57)ccc4cc23)cc1. The first-order valence-corrected chi connectivity index (χ1v) is 17.3. The molecule has 0 saturated carbocycles. The second-order valence-electron chi connectivity index (χ2n) is 12.2. The van der Waals surface area contributed by atoms with Gasteiger partial charge in [0, 0.05) is 40.3 Å². The fraction of sp³-hybridized carbons (Fsp3) is 0. The summed E-state index contributed by atoms with van der Waals surface area (Å²) in [6, 6.07) is 58.5. The van der Waals surface area contributed by atoms with E-state index in [9.17, 15) is 0 Å². The van der Waals surface area contributed by atoms with Crippen molar-refractivity contribution in [2.24, 2.45) is 0 Å². The molecule has 0 N–H and O–H groups in total. The van der Waals surface area contributed by atoms with Crippen LogP contribution in [0.4, 0.5) is 0 Å². The lowest BCUT2D eigenvalue weighted by Gasteiger charge is -2.07. The normalized spacial score (nSPS) is 11.9. The number of fused-ring (bicyclic) bond motifs is 8. The summed E-state index contributed by atoms with van der Waals surface area (Å²) in [5, 5.41) is 10.5. The molecule has 8 aromatic carbocycles. The number of thiophene rings is 2. The average Bonchev–Trinajstić information content (AvgIpc) is 3.65. The van der Waals surface area contributed by atoms with Crippen LogP contribution in [0.3, 0.4) is 0 Å². The van der Waals surface area contributed by atoms with Gasteiger partial charge in [0.1, 0.15) is 0 Å². The summed E-state index contributed by atoms with van der Waals surface area (Å²) < 4.78 is 5.35. The fourth-order valence-corrected chi connectivity index (χ4v) is 9.37. The van der Waals surface area contributed by atoms with E-state index in [1.54, 1.807) is 0 Å². The van der Waals surface area contributed by atoms with E-state index in [-0.39, 0.29) is 0 Å². The fourth-order valence-electron chi connectivity index (χ4n) is 7.02. The van der Waals surface area contributed by atoms with Crippen LogP contribution in [0, 0.1) is 0 Å². The Labute approximate surface area is 274 Å². The Hall–Kier alpha value is -5.28. The molecule has 214 valence electrons. The largest absolute Gasteiger partial charge is 0.135 e. The van der Waals surface area contributed by atoms with Crippen LogP contribution >= 0.6 is 22.7 Å². The zero-order valence-electron chi connectivity index (χ0n) is 24.8. The maximum Gasteiger partial charge on any atom is 0.0361 e. The molecular weight excluding hydrogens is 593 g/mol. The first kappa shape index (κ1) is 26.0. The Kier molecular flexibility index (Phi) is 5.72. The Bertz CT molecular complexity index is 2590. The maximum atomic E-state index is 2.38. The van der Waals surface area contributed by atoms with Crippen molar-refractivity contribution in [1.82, 2.24) is 0 Å². The molecule has 0 aliphatic rings. The lowest BCUT2D eigenvalue weighted by molar-refractivity contribution is 1.66. The molecule has 10 rings (SSSR count). The predicted molar refractivity (Wildman–Crippen MR) is 204 cm³/mol. The van der Waals surface area contributed by atoms with E-state index in [0.29, 0.717) is 0 Å². The summed E-state index contributed by atoms with van der Waals surface area (Å²) in [6.45, 7) is 0. The van der Waals surface area contributed by atoms with Gasteiger partial charge in [-0.2, -0.15) is 0 Å². The van der Waals surface area contributed by atoms with Crippen molar-refractivity contribution < 1.29 is 0 Å². The van der Waals surface area contributed by atoms with Crippen molar-refractivity contribution in [1.29, 1.82) is 0 Å². The van der Waals surface area contributed by atoms with Gasteiger partial charge in [0.05, 0.1) is 0 Å². The van der Waals surface area contributed by atoms with E-state index in [1.807, 2.05) is 22.7 Å². The molecule has 0 bridgehead atoms. The minimum absolute atomic E-state index is 1.25. The van der Waals surface area contributed by atoms with E-state index in [2.05, 4.69) is 158 Å². The van der Waals surface area contributed by atoms with Crippen molar-refractivity contribution >= 4 is 84.6 Å². The number of hydrogen-bond acceptors (Lipinski definition) is 2. The van der Waals surface area contributed by atoms with E-state index >= 15 is 0 Å². The molecule has 0 saturated heterocycles. The van der Waals surface area contributed by atoms with Gasteiger partial charge in [0.15, 0.2) is 0 Å².